The van der Waals surface area contributed by atoms with Crippen LogP contribution >= 0.6 is 0 Å². The van der Waals surface area contributed by atoms with Gasteiger partial charge in [-0.25, -0.2) is 0 Å². The van der Waals surface area contributed by atoms with E-state index < -0.39 is 8.32 Å². The lowest BCUT2D eigenvalue weighted by molar-refractivity contribution is -0.135. The fourth-order valence-corrected chi connectivity index (χ4v) is 9.12. The smallest absolute Gasteiger partial charge is 0.228 e. The second-order valence-electron chi connectivity index (χ2n) is 12.2. The third kappa shape index (κ3) is 8.72. The highest BCUT2D eigenvalue weighted by Gasteiger charge is 2.50. The molecule has 0 spiro atoms. The topological polar surface area (TPSA) is 111 Å². The predicted molar refractivity (Wildman–Crippen MR) is 164 cm³/mol. The number of carbonyl (C=O) groups excluding carboxylic acids is 2. The highest BCUT2D eigenvalue weighted by Crippen LogP contribution is 2.45. The fraction of sp³-hybridized carbons (Fsp3) is 0.562. The molecule has 0 aromatic heterocycles. The third-order valence-electron chi connectivity index (χ3n) is 8.64. The normalized spacial score (nSPS) is 24.7. The molecule has 8 nitrogen and oxygen atoms in total. The van der Waals surface area contributed by atoms with Crippen LogP contribution in [0.3, 0.4) is 0 Å². The summed E-state index contributed by atoms with van der Waals surface area (Å²) in [6, 6.07) is 17.8. The van der Waals surface area contributed by atoms with Gasteiger partial charge in [0.05, 0.1) is 31.2 Å². The van der Waals surface area contributed by atoms with Gasteiger partial charge < -0.3 is 30.2 Å². The first kappa shape index (κ1) is 31.4. The molecule has 2 aromatic carbocycles. The maximum Gasteiger partial charge on any atom is 0.228 e. The zero-order valence-electron chi connectivity index (χ0n) is 24.7. The summed E-state index contributed by atoms with van der Waals surface area (Å²) >= 11 is 0. The zero-order chi connectivity index (χ0) is 29.4. The van der Waals surface area contributed by atoms with Crippen LogP contribution in [0.15, 0.2) is 54.6 Å². The van der Waals surface area contributed by atoms with Gasteiger partial charge >= 0.3 is 0 Å². The maximum absolute atomic E-state index is 13.4. The minimum atomic E-state index is -2.62. The van der Waals surface area contributed by atoms with Gasteiger partial charge in [0.1, 0.15) is 0 Å². The monoisotopic (exact) mass is 581 g/mol. The van der Waals surface area contributed by atoms with Crippen molar-refractivity contribution < 1.29 is 24.2 Å². The van der Waals surface area contributed by atoms with Gasteiger partial charge in [-0.3, -0.25) is 9.59 Å². The van der Waals surface area contributed by atoms with Gasteiger partial charge in [0.15, 0.2) is 8.32 Å². The molecule has 0 radical (unpaired) electrons. The van der Waals surface area contributed by atoms with Crippen LogP contribution in [0.5, 0.6) is 0 Å². The Balaban J connectivity index is 1.35. The summed E-state index contributed by atoms with van der Waals surface area (Å²) in [4.78, 5) is 38.8. The molecule has 2 aliphatic rings. The number of anilines is 1. The molecular formula is C32H47N3O5Si. The number of hydrogen-bond acceptors (Lipinski definition) is 6. The number of nitrogens with zero attached hydrogens (tertiary/aromatic N) is 1. The van der Waals surface area contributed by atoms with Crippen LogP contribution in [-0.4, -0.2) is 73.4 Å². The Morgan fingerprint density at radius 1 is 1.07 bits per heavy atom. The lowest BCUT2D eigenvalue weighted by atomic mass is 9.95. The van der Waals surface area contributed by atoms with Crippen LogP contribution in [0.2, 0.25) is 18.6 Å². The minimum Gasteiger partial charge on any atom is -0.432 e. The van der Waals surface area contributed by atoms with E-state index >= 15 is 0 Å². The number of rotatable bonds is 12. The average molecular weight is 582 g/mol. The largest absolute Gasteiger partial charge is 0.432 e. The van der Waals surface area contributed by atoms with Crippen molar-refractivity contribution in [3.8, 4) is 0 Å². The number of aliphatic hydroxyl groups excluding tert-OH is 1. The van der Waals surface area contributed by atoms with Crippen molar-refractivity contribution in [2.75, 3.05) is 31.6 Å². The quantitative estimate of drug-likeness (QED) is 0.283. The molecule has 1 unspecified atom stereocenters. The summed E-state index contributed by atoms with van der Waals surface area (Å²) in [6.45, 7) is 8.31. The summed E-state index contributed by atoms with van der Waals surface area (Å²) in [5.74, 6) is 0.153. The molecule has 4 N–H and O–H groups in total. The van der Waals surface area contributed by atoms with Crippen LogP contribution in [0, 0.1) is 11.8 Å². The molecular weight excluding hydrogens is 534 g/mol. The number of nitrogens with one attached hydrogen (secondary N) is 2. The molecule has 2 aliphatic heterocycles. The molecule has 5 atom stereocenters. The summed E-state index contributed by atoms with van der Waals surface area (Å²) in [7, 11) is -2.62. The SMILES string of the molecule is C[C@H]1[C@H]([Si](C)(C)O)[C@@H](CC(=O)N(CCO)Cc2ccccc2)O[C@H]1CCc1ccc(NC(=O)C2CCCNC2)cc1. The molecule has 224 valence electrons. The number of aryl methyl sites for hydroxylation is 1. The van der Waals surface area contributed by atoms with Crippen LogP contribution in [0.25, 0.3) is 0 Å². The first-order valence-electron chi connectivity index (χ1n) is 15.1. The average Bonchev–Trinajstić information content (AvgIpc) is 3.28. The zero-order valence-corrected chi connectivity index (χ0v) is 25.7. The Morgan fingerprint density at radius 2 is 1.80 bits per heavy atom. The van der Waals surface area contributed by atoms with Crippen molar-refractivity contribution in [1.82, 2.24) is 10.2 Å². The molecule has 2 amide bonds. The molecule has 4 rings (SSSR count). The molecule has 2 fully saturated rings. The third-order valence-corrected chi connectivity index (χ3v) is 11.2. The number of carbonyl (C=O) groups is 2. The molecule has 2 aromatic rings. The molecule has 2 heterocycles. The molecule has 2 saturated heterocycles. The van der Waals surface area contributed by atoms with E-state index in [9.17, 15) is 19.5 Å². The van der Waals surface area contributed by atoms with Crippen molar-refractivity contribution in [2.45, 2.75) is 76.4 Å². The molecule has 41 heavy (non-hydrogen) atoms. The Labute approximate surface area is 245 Å². The standard InChI is InChI=1S/C32H47N3O5Si/c1-23-28(16-13-24-11-14-27(15-12-24)34-32(38)26-10-7-17-33-21-26)40-29(31(23)41(2,3)39)20-30(37)35(18-19-36)22-25-8-5-4-6-9-25/h4-6,8-9,11-12,14-15,23,26,28-29,31,33,36,39H,7,10,13,16-22H2,1-3H3,(H,34,38)/t23-,26?,28+,29-,31+/m1/s1. The highest BCUT2D eigenvalue weighted by atomic mass is 28.4. The van der Waals surface area contributed by atoms with Crippen molar-refractivity contribution in [1.29, 1.82) is 0 Å². The fourth-order valence-electron chi connectivity index (χ4n) is 6.51. The molecule has 0 aliphatic carbocycles. The van der Waals surface area contributed by atoms with Crippen molar-refractivity contribution in [2.24, 2.45) is 11.8 Å². The molecule has 9 heteroatoms. The van der Waals surface area contributed by atoms with Crippen LogP contribution in [-0.2, 0) is 27.3 Å². The van der Waals surface area contributed by atoms with Crippen molar-refractivity contribution >= 4 is 25.8 Å². The lowest BCUT2D eigenvalue weighted by Gasteiger charge is -2.31. The first-order valence-corrected chi connectivity index (χ1v) is 18.1. The summed E-state index contributed by atoms with van der Waals surface area (Å²) < 4.78 is 6.53. The number of benzene rings is 2. The van der Waals surface area contributed by atoms with Crippen LogP contribution in [0.4, 0.5) is 5.69 Å². The van der Waals surface area contributed by atoms with Crippen molar-refractivity contribution in [3.05, 3.63) is 65.7 Å². The van der Waals surface area contributed by atoms with Crippen molar-refractivity contribution in [3.63, 3.8) is 0 Å². The number of aliphatic hydroxyl groups is 1. The van der Waals surface area contributed by atoms with Gasteiger partial charge in [0, 0.05) is 30.9 Å². The Kier molecular flexibility index (Phi) is 11.1. The summed E-state index contributed by atoms with van der Waals surface area (Å²) in [5.41, 5.74) is 2.92. The maximum atomic E-state index is 13.4. The lowest BCUT2D eigenvalue weighted by Crippen LogP contribution is -2.42. The first-order chi connectivity index (χ1) is 19.7. The second-order valence-corrected chi connectivity index (χ2v) is 16.2. The number of hydrogen-bond donors (Lipinski definition) is 4. The second kappa shape index (κ2) is 14.6. The number of piperidine rings is 1. The van der Waals surface area contributed by atoms with E-state index in [2.05, 4.69) is 17.6 Å². The van der Waals surface area contributed by atoms with E-state index in [-0.39, 0.29) is 61.0 Å². The Morgan fingerprint density at radius 3 is 2.44 bits per heavy atom. The van der Waals surface area contributed by atoms with E-state index in [1.54, 1.807) is 4.90 Å². The summed E-state index contributed by atoms with van der Waals surface area (Å²) in [6.07, 6.45) is 3.33. The van der Waals surface area contributed by atoms with Crippen LogP contribution < -0.4 is 10.6 Å². The van der Waals surface area contributed by atoms with Gasteiger partial charge in [-0.2, -0.15) is 0 Å². The van der Waals surface area contributed by atoms with E-state index in [0.717, 1.165) is 55.6 Å². The van der Waals surface area contributed by atoms with E-state index in [1.165, 1.54) is 0 Å². The number of ether oxygens (including phenoxy) is 1. The predicted octanol–water partition coefficient (Wildman–Crippen LogP) is 3.94. The number of amides is 2. The molecule has 0 saturated carbocycles. The van der Waals surface area contributed by atoms with Gasteiger partial charge in [-0.15, -0.1) is 0 Å². The Bertz CT molecular complexity index is 1120. The van der Waals surface area contributed by atoms with Crippen LogP contribution in [0.1, 0.15) is 43.7 Å². The molecule has 0 bridgehead atoms. The minimum absolute atomic E-state index is 0.0191. The van der Waals surface area contributed by atoms with E-state index in [0.29, 0.717) is 6.54 Å². The highest BCUT2D eigenvalue weighted by molar-refractivity contribution is 6.71. The van der Waals surface area contributed by atoms with Gasteiger partial charge in [-0.05, 0) is 74.5 Å². The summed E-state index contributed by atoms with van der Waals surface area (Å²) in [5, 5.41) is 15.9. The Hall–Kier alpha value is -2.56. The van der Waals surface area contributed by atoms with Gasteiger partial charge in [0.2, 0.25) is 11.8 Å². The van der Waals surface area contributed by atoms with E-state index in [4.69, 9.17) is 4.74 Å². The van der Waals surface area contributed by atoms with E-state index in [1.807, 2.05) is 67.7 Å². The van der Waals surface area contributed by atoms with Gasteiger partial charge in [0.25, 0.3) is 0 Å². The van der Waals surface area contributed by atoms with Gasteiger partial charge in [-0.1, -0.05) is 49.4 Å².